The van der Waals surface area contributed by atoms with Crippen molar-refractivity contribution in [2.24, 2.45) is 0 Å². The van der Waals surface area contributed by atoms with Crippen LogP contribution >= 0.6 is 0 Å². The van der Waals surface area contributed by atoms with Gasteiger partial charge in [-0.1, -0.05) is 0 Å². The zero-order chi connectivity index (χ0) is 11.1. The molecule has 1 aliphatic heterocycles. The van der Waals surface area contributed by atoms with E-state index in [1.807, 2.05) is 18.0 Å². The zero-order valence-electron chi connectivity index (χ0n) is 8.75. The van der Waals surface area contributed by atoms with Crippen molar-refractivity contribution >= 4 is 17.3 Å². The van der Waals surface area contributed by atoms with Crippen molar-refractivity contribution in [3.63, 3.8) is 0 Å². The van der Waals surface area contributed by atoms with Crippen molar-refractivity contribution in [1.82, 2.24) is 19.7 Å². The van der Waals surface area contributed by atoms with Crippen LogP contribution in [-0.4, -0.2) is 33.5 Å². The van der Waals surface area contributed by atoms with E-state index >= 15 is 0 Å². The first-order valence-corrected chi connectivity index (χ1v) is 4.88. The number of aromatic nitrogens is 4. The van der Waals surface area contributed by atoms with E-state index in [-0.39, 0.29) is 0 Å². The molecule has 0 aromatic carbocycles. The number of nitrogens with two attached hydrogens (primary N) is 1. The summed E-state index contributed by atoms with van der Waals surface area (Å²) in [5.41, 5.74) is 6.65. The Morgan fingerprint density at radius 1 is 1.44 bits per heavy atom. The Kier molecular flexibility index (Phi) is 1.73. The molecule has 0 fully saturated rings. The lowest BCUT2D eigenvalue weighted by Crippen LogP contribution is -2.17. The van der Waals surface area contributed by atoms with E-state index in [9.17, 15) is 0 Å². The van der Waals surface area contributed by atoms with Gasteiger partial charge in [-0.3, -0.25) is 0 Å². The van der Waals surface area contributed by atoms with Gasteiger partial charge in [0.15, 0.2) is 11.6 Å². The Labute approximate surface area is 91.9 Å². The summed E-state index contributed by atoms with van der Waals surface area (Å²) < 4.78 is 1.59. The summed E-state index contributed by atoms with van der Waals surface area (Å²) in [6, 6.07) is 1.81. The van der Waals surface area contributed by atoms with Gasteiger partial charge < -0.3 is 16.0 Å². The van der Waals surface area contributed by atoms with E-state index in [0.717, 1.165) is 11.5 Å². The number of fused-ring (bicyclic) bond motifs is 1. The van der Waals surface area contributed by atoms with Crippen molar-refractivity contribution in [1.29, 1.82) is 0 Å². The van der Waals surface area contributed by atoms with Gasteiger partial charge in [-0.15, -0.1) is 0 Å². The molecule has 0 amide bonds. The third-order valence-corrected chi connectivity index (χ3v) is 2.47. The quantitative estimate of drug-likeness (QED) is 0.702. The van der Waals surface area contributed by atoms with Gasteiger partial charge in [0.05, 0.1) is 6.67 Å². The minimum Gasteiger partial charge on any atom is -0.382 e. The summed E-state index contributed by atoms with van der Waals surface area (Å²) in [7, 11) is 1.94. The van der Waals surface area contributed by atoms with Crippen LogP contribution in [0.4, 0.5) is 17.3 Å². The molecule has 1 aliphatic rings. The third-order valence-electron chi connectivity index (χ3n) is 2.47. The highest BCUT2D eigenvalue weighted by molar-refractivity contribution is 5.80. The normalized spacial score (nSPS) is 13.7. The lowest BCUT2D eigenvalue weighted by molar-refractivity contribution is 0.809. The predicted molar refractivity (Wildman–Crippen MR) is 60.5 cm³/mol. The van der Waals surface area contributed by atoms with Gasteiger partial charge in [0, 0.05) is 19.4 Å². The molecule has 16 heavy (non-hydrogen) atoms. The average Bonchev–Trinajstić information content (AvgIpc) is 2.88. The van der Waals surface area contributed by atoms with E-state index in [1.54, 1.807) is 17.1 Å². The summed E-state index contributed by atoms with van der Waals surface area (Å²) in [4.78, 5) is 10.6. The molecule has 0 saturated heterocycles. The number of nitrogens with zero attached hydrogens (tertiary/aromatic N) is 5. The highest BCUT2D eigenvalue weighted by atomic mass is 15.4. The maximum Gasteiger partial charge on any atom is 0.254 e. The van der Waals surface area contributed by atoms with Crippen molar-refractivity contribution in [2.45, 2.75) is 0 Å². The third kappa shape index (κ3) is 1.18. The predicted octanol–water partition coefficient (Wildman–Crippen LogP) is 0.0637. The molecular weight excluding hydrogens is 206 g/mol. The zero-order valence-corrected chi connectivity index (χ0v) is 8.75. The van der Waals surface area contributed by atoms with Crippen LogP contribution in [0.2, 0.25) is 0 Å². The van der Waals surface area contributed by atoms with Crippen LogP contribution in [0, 0.1) is 0 Å². The second-order valence-electron chi connectivity index (χ2n) is 3.59. The number of rotatable bonds is 1. The molecule has 82 valence electrons. The van der Waals surface area contributed by atoms with E-state index in [4.69, 9.17) is 5.73 Å². The standard InChI is InChI=1S/C9H11N7/c1-15-5-11-6-7(10)13-9(14-8(6)15)16-4-2-3-12-16/h2-4,11H,5H2,1H3,(H2,10,13,14). The molecular formula is C9H11N7. The number of anilines is 3. The molecule has 3 heterocycles. The second-order valence-corrected chi connectivity index (χ2v) is 3.59. The van der Waals surface area contributed by atoms with Gasteiger partial charge in [-0.2, -0.15) is 15.1 Å². The Hall–Kier alpha value is -2.31. The van der Waals surface area contributed by atoms with Gasteiger partial charge in [-0.25, -0.2) is 4.68 Å². The van der Waals surface area contributed by atoms with Crippen LogP contribution < -0.4 is 16.0 Å². The summed E-state index contributed by atoms with van der Waals surface area (Å²) >= 11 is 0. The summed E-state index contributed by atoms with van der Waals surface area (Å²) in [6.07, 6.45) is 3.46. The highest BCUT2D eigenvalue weighted by Crippen LogP contribution is 2.32. The fourth-order valence-corrected chi connectivity index (χ4v) is 1.66. The first-order chi connectivity index (χ1) is 7.75. The number of hydrogen-bond acceptors (Lipinski definition) is 6. The average molecular weight is 217 g/mol. The smallest absolute Gasteiger partial charge is 0.254 e. The molecule has 2 aromatic heterocycles. The summed E-state index contributed by atoms with van der Waals surface area (Å²) in [5.74, 6) is 1.73. The van der Waals surface area contributed by atoms with Crippen molar-refractivity contribution < 1.29 is 0 Å². The molecule has 0 atom stereocenters. The van der Waals surface area contributed by atoms with Gasteiger partial charge in [-0.05, 0) is 6.07 Å². The SMILES string of the molecule is CN1CNc2c(N)nc(-n3cccn3)nc21. The topological polar surface area (TPSA) is 84.9 Å². The Morgan fingerprint density at radius 2 is 2.31 bits per heavy atom. The van der Waals surface area contributed by atoms with Crippen LogP contribution in [0.3, 0.4) is 0 Å². The molecule has 0 unspecified atom stereocenters. The number of hydrogen-bond donors (Lipinski definition) is 2. The second kappa shape index (κ2) is 3.09. The van der Waals surface area contributed by atoms with Crippen molar-refractivity contribution in [3.05, 3.63) is 18.5 Å². The van der Waals surface area contributed by atoms with Crippen LogP contribution in [0.15, 0.2) is 18.5 Å². The van der Waals surface area contributed by atoms with E-state index < -0.39 is 0 Å². The van der Waals surface area contributed by atoms with Gasteiger partial charge in [0.1, 0.15) is 5.69 Å². The summed E-state index contributed by atoms with van der Waals surface area (Å²) in [6.45, 7) is 0.691. The first kappa shape index (κ1) is 8.96. The van der Waals surface area contributed by atoms with Crippen molar-refractivity contribution in [3.8, 4) is 5.95 Å². The van der Waals surface area contributed by atoms with E-state index in [0.29, 0.717) is 18.4 Å². The Bertz CT molecular complexity index is 519. The Morgan fingerprint density at radius 3 is 3.06 bits per heavy atom. The molecule has 0 aliphatic carbocycles. The van der Waals surface area contributed by atoms with Crippen LogP contribution in [0.5, 0.6) is 0 Å². The minimum absolute atomic E-state index is 0.444. The maximum absolute atomic E-state index is 5.86. The molecule has 7 heteroatoms. The largest absolute Gasteiger partial charge is 0.382 e. The molecule has 7 nitrogen and oxygen atoms in total. The lowest BCUT2D eigenvalue weighted by atomic mass is 10.4. The van der Waals surface area contributed by atoms with Crippen molar-refractivity contribution in [2.75, 3.05) is 29.7 Å². The van der Waals surface area contributed by atoms with Crippen LogP contribution in [0.1, 0.15) is 0 Å². The minimum atomic E-state index is 0.444. The monoisotopic (exact) mass is 217 g/mol. The molecule has 2 aromatic rings. The maximum atomic E-state index is 5.86. The van der Waals surface area contributed by atoms with Gasteiger partial charge in [0.2, 0.25) is 0 Å². The number of nitrogens with one attached hydrogen (secondary N) is 1. The highest BCUT2D eigenvalue weighted by Gasteiger charge is 2.21. The summed E-state index contributed by atoms with van der Waals surface area (Å²) in [5, 5.41) is 7.21. The van der Waals surface area contributed by atoms with E-state index in [2.05, 4.69) is 20.4 Å². The lowest BCUT2D eigenvalue weighted by Gasteiger charge is -2.10. The molecule has 0 bridgehead atoms. The van der Waals surface area contributed by atoms with E-state index in [1.165, 1.54) is 0 Å². The first-order valence-electron chi connectivity index (χ1n) is 4.88. The fourth-order valence-electron chi connectivity index (χ4n) is 1.66. The van der Waals surface area contributed by atoms with Crippen LogP contribution in [0.25, 0.3) is 5.95 Å². The molecule has 0 saturated carbocycles. The molecule has 3 N–H and O–H groups in total. The molecule has 0 spiro atoms. The van der Waals surface area contributed by atoms with Gasteiger partial charge >= 0.3 is 0 Å². The van der Waals surface area contributed by atoms with Gasteiger partial charge in [0.25, 0.3) is 5.95 Å². The number of nitrogen functional groups attached to an aromatic ring is 1. The molecule has 3 rings (SSSR count). The molecule has 0 radical (unpaired) electrons. The van der Waals surface area contributed by atoms with Crippen LogP contribution in [-0.2, 0) is 0 Å². The Balaban J connectivity index is 2.16. The fraction of sp³-hybridized carbons (Fsp3) is 0.222.